The van der Waals surface area contributed by atoms with Gasteiger partial charge >= 0.3 is 0 Å². The second-order valence-electron chi connectivity index (χ2n) is 6.75. The van der Waals surface area contributed by atoms with Crippen molar-refractivity contribution in [1.29, 1.82) is 0 Å². The first-order valence-corrected chi connectivity index (χ1v) is 8.91. The summed E-state index contributed by atoms with van der Waals surface area (Å²) in [4.78, 5) is 16.9. The Balaban J connectivity index is 1.50. The molecule has 2 heterocycles. The van der Waals surface area contributed by atoms with Crippen molar-refractivity contribution in [3.8, 4) is 5.75 Å². The van der Waals surface area contributed by atoms with Crippen molar-refractivity contribution >= 4 is 5.91 Å². The van der Waals surface area contributed by atoms with Crippen LogP contribution < -0.4 is 4.74 Å². The van der Waals surface area contributed by atoms with E-state index in [-0.39, 0.29) is 0 Å². The van der Waals surface area contributed by atoms with Crippen LogP contribution in [0.5, 0.6) is 5.75 Å². The SMILES string of the molecule is COc1ccc(CN2CCC(N3CCCCCC3=O)CC2)cc1. The third-order valence-corrected chi connectivity index (χ3v) is 5.17. The van der Waals surface area contributed by atoms with E-state index in [1.165, 1.54) is 18.4 Å². The molecular formula is C19H28N2O2. The lowest BCUT2D eigenvalue weighted by molar-refractivity contribution is -0.133. The van der Waals surface area contributed by atoms with E-state index in [4.69, 9.17) is 4.74 Å². The Bertz CT molecular complexity index is 507. The number of piperidine rings is 1. The van der Waals surface area contributed by atoms with Gasteiger partial charge in [0.1, 0.15) is 5.75 Å². The van der Waals surface area contributed by atoms with Gasteiger partial charge in [-0.1, -0.05) is 18.6 Å². The average Bonchev–Trinajstić information content (AvgIpc) is 2.81. The Hall–Kier alpha value is -1.55. The molecule has 0 N–H and O–H groups in total. The van der Waals surface area contributed by atoms with Gasteiger partial charge in [0.15, 0.2) is 0 Å². The summed E-state index contributed by atoms with van der Waals surface area (Å²) in [5, 5.41) is 0. The third kappa shape index (κ3) is 4.25. The molecule has 1 amide bonds. The molecule has 1 aromatic carbocycles. The van der Waals surface area contributed by atoms with Gasteiger partial charge in [0, 0.05) is 38.6 Å². The molecule has 0 aliphatic carbocycles. The van der Waals surface area contributed by atoms with Crippen LogP contribution in [-0.2, 0) is 11.3 Å². The molecule has 2 saturated heterocycles. The molecule has 0 atom stereocenters. The number of amides is 1. The first-order chi connectivity index (χ1) is 11.3. The minimum atomic E-state index is 0.385. The fourth-order valence-electron chi connectivity index (χ4n) is 3.77. The zero-order chi connectivity index (χ0) is 16.1. The van der Waals surface area contributed by atoms with Gasteiger partial charge in [0.05, 0.1) is 7.11 Å². The highest BCUT2D eigenvalue weighted by Gasteiger charge is 2.28. The summed E-state index contributed by atoms with van der Waals surface area (Å²) in [6.07, 6.45) is 6.44. The predicted molar refractivity (Wildman–Crippen MR) is 91.5 cm³/mol. The van der Waals surface area contributed by atoms with E-state index in [0.29, 0.717) is 11.9 Å². The normalized spacial score (nSPS) is 21.3. The standard InChI is InChI=1S/C19H28N2O2/c1-23-18-8-6-16(7-9-18)15-20-13-10-17(11-14-20)21-12-4-2-3-5-19(21)22/h6-9,17H,2-5,10-15H2,1H3. The number of carbonyl (C=O) groups is 1. The van der Waals surface area contributed by atoms with Crippen LogP contribution in [0.25, 0.3) is 0 Å². The molecule has 4 nitrogen and oxygen atoms in total. The topological polar surface area (TPSA) is 32.8 Å². The first-order valence-electron chi connectivity index (χ1n) is 8.91. The van der Waals surface area contributed by atoms with Crippen LogP contribution in [0, 0.1) is 0 Å². The molecule has 0 spiro atoms. The Labute approximate surface area is 139 Å². The fourth-order valence-corrected chi connectivity index (χ4v) is 3.77. The third-order valence-electron chi connectivity index (χ3n) is 5.17. The molecule has 2 fully saturated rings. The number of carbonyl (C=O) groups excluding carboxylic acids is 1. The van der Waals surface area contributed by atoms with Gasteiger partial charge in [-0.15, -0.1) is 0 Å². The van der Waals surface area contributed by atoms with Crippen LogP contribution in [0.1, 0.15) is 44.1 Å². The van der Waals surface area contributed by atoms with Crippen LogP contribution >= 0.6 is 0 Å². The molecule has 3 rings (SSSR count). The molecule has 0 bridgehead atoms. The summed E-state index contributed by atoms with van der Waals surface area (Å²) in [6.45, 7) is 4.13. The lowest BCUT2D eigenvalue weighted by Gasteiger charge is -2.38. The van der Waals surface area contributed by atoms with Crippen molar-refractivity contribution in [3.05, 3.63) is 29.8 Å². The van der Waals surface area contributed by atoms with E-state index >= 15 is 0 Å². The van der Waals surface area contributed by atoms with E-state index in [2.05, 4.69) is 21.9 Å². The van der Waals surface area contributed by atoms with Gasteiger partial charge in [-0.3, -0.25) is 9.69 Å². The Morgan fingerprint density at radius 2 is 1.78 bits per heavy atom. The summed E-state index contributed by atoms with van der Waals surface area (Å²) in [6, 6.07) is 8.80. The maximum Gasteiger partial charge on any atom is 0.222 e. The molecule has 0 unspecified atom stereocenters. The van der Waals surface area contributed by atoms with Crippen molar-refractivity contribution in [2.45, 2.75) is 51.1 Å². The minimum absolute atomic E-state index is 0.385. The Kier molecular flexibility index (Phi) is 5.55. The summed E-state index contributed by atoms with van der Waals surface area (Å²) in [5.74, 6) is 1.29. The lowest BCUT2D eigenvalue weighted by Crippen LogP contribution is -2.47. The Morgan fingerprint density at radius 3 is 2.48 bits per heavy atom. The number of methoxy groups -OCH3 is 1. The number of benzene rings is 1. The van der Waals surface area contributed by atoms with Crippen molar-refractivity contribution in [2.24, 2.45) is 0 Å². The quantitative estimate of drug-likeness (QED) is 0.856. The van der Waals surface area contributed by atoms with Gasteiger partial charge in [-0.05, 0) is 43.4 Å². The maximum atomic E-state index is 12.2. The molecule has 2 aliphatic rings. The van der Waals surface area contributed by atoms with E-state index in [1.54, 1.807) is 7.11 Å². The molecule has 23 heavy (non-hydrogen) atoms. The summed E-state index contributed by atoms with van der Waals surface area (Å²) in [5.41, 5.74) is 1.33. The second-order valence-corrected chi connectivity index (χ2v) is 6.75. The van der Waals surface area contributed by atoms with Crippen LogP contribution in [0.15, 0.2) is 24.3 Å². The van der Waals surface area contributed by atoms with Crippen LogP contribution in [0.2, 0.25) is 0 Å². The smallest absolute Gasteiger partial charge is 0.222 e. The molecule has 1 aromatic rings. The molecule has 0 aromatic heterocycles. The molecule has 126 valence electrons. The van der Waals surface area contributed by atoms with E-state index in [1.807, 2.05) is 12.1 Å². The van der Waals surface area contributed by atoms with E-state index in [0.717, 1.165) is 57.6 Å². The van der Waals surface area contributed by atoms with E-state index in [9.17, 15) is 4.79 Å². The molecule has 2 aliphatic heterocycles. The largest absolute Gasteiger partial charge is 0.497 e. The monoisotopic (exact) mass is 316 g/mol. The molecule has 4 heteroatoms. The number of hydrogen-bond acceptors (Lipinski definition) is 3. The highest BCUT2D eigenvalue weighted by molar-refractivity contribution is 5.76. The van der Waals surface area contributed by atoms with Gasteiger partial charge < -0.3 is 9.64 Å². The zero-order valence-electron chi connectivity index (χ0n) is 14.2. The van der Waals surface area contributed by atoms with Crippen LogP contribution in [-0.4, -0.2) is 48.5 Å². The molecule has 0 radical (unpaired) electrons. The average molecular weight is 316 g/mol. The van der Waals surface area contributed by atoms with E-state index < -0.39 is 0 Å². The number of nitrogens with zero attached hydrogens (tertiary/aromatic N) is 2. The first kappa shape index (κ1) is 16.3. The number of rotatable bonds is 4. The predicted octanol–water partition coefficient (Wildman–Crippen LogP) is 3.06. The van der Waals surface area contributed by atoms with Crippen LogP contribution in [0.4, 0.5) is 0 Å². The lowest BCUT2D eigenvalue weighted by atomic mass is 10.0. The Morgan fingerprint density at radius 1 is 1.04 bits per heavy atom. The summed E-state index contributed by atoms with van der Waals surface area (Å²) >= 11 is 0. The van der Waals surface area contributed by atoms with Crippen molar-refractivity contribution in [3.63, 3.8) is 0 Å². The van der Waals surface area contributed by atoms with Gasteiger partial charge in [-0.2, -0.15) is 0 Å². The molecular weight excluding hydrogens is 288 g/mol. The van der Waals surface area contributed by atoms with Gasteiger partial charge in [-0.25, -0.2) is 0 Å². The zero-order valence-corrected chi connectivity index (χ0v) is 14.2. The van der Waals surface area contributed by atoms with Gasteiger partial charge in [0.25, 0.3) is 0 Å². The van der Waals surface area contributed by atoms with Gasteiger partial charge in [0.2, 0.25) is 5.91 Å². The molecule has 0 saturated carbocycles. The second kappa shape index (κ2) is 7.82. The fraction of sp³-hybridized carbons (Fsp3) is 0.632. The van der Waals surface area contributed by atoms with Crippen LogP contribution in [0.3, 0.4) is 0 Å². The summed E-state index contributed by atoms with van der Waals surface area (Å²) in [7, 11) is 1.70. The highest BCUT2D eigenvalue weighted by atomic mass is 16.5. The summed E-state index contributed by atoms with van der Waals surface area (Å²) < 4.78 is 5.21. The number of likely N-dealkylation sites (tertiary alicyclic amines) is 2. The highest BCUT2D eigenvalue weighted by Crippen LogP contribution is 2.23. The van der Waals surface area contributed by atoms with Crippen molar-refractivity contribution in [1.82, 2.24) is 9.80 Å². The maximum absolute atomic E-state index is 12.2. The van der Waals surface area contributed by atoms with Crippen molar-refractivity contribution < 1.29 is 9.53 Å². The number of hydrogen-bond donors (Lipinski definition) is 0. The number of ether oxygens (including phenoxy) is 1. The minimum Gasteiger partial charge on any atom is -0.497 e. The van der Waals surface area contributed by atoms with Crippen molar-refractivity contribution in [2.75, 3.05) is 26.7 Å².